The molecule has 0 radical (unpaired) electrons. The SMILES string of the molecule is O=C(O)CCC(Cc1ccccc1)NC(=O)NC1(CCO)CC1. The smallest absolute Gasteiger partial charge is 0.315 e. The zero-order chi connectivity index (χ0) is 16.7. The van der Waals surface area contributed by atoms with Gasteiger partial charge in [0.15, 0.2) is 0 Å². The van der Waals surface area contributed by atoms with Crippen LogP contribution in [0, 0.1) is 0 Å². The van der Waals surface area contributed by atoms with Crippen molar-refractivity contribution in [3.8, 4) is 0 Å². The summed E-state index contributed by atoms with van der Waals surface area (Å²) in [7, 11) is 0. The lowest BCUT2D eigenvalue weighted by Gasteiger charge is -2.22. The van der Waals surface area contributed by atoms with Gasteiger partial charge in [0.2, 0.25) is 0 Å². The van der Waals surface area contributed by atoms with Crippen LogP contribution >= 0.6 is 0 Å². The molecule has 6 heteroatoms. The summed E-state index contributed by atoms with van der Waals surface area (Å²) >= 11 is 0. The highest BCUT2D eigenvalue weighted by Gasteiger charge is 2.43. The van der Waals surface area contributed by atoms with E-state index in [9.17, 15) is 9.59 Å². The quantitative estimate of drug-likeness (QED) is 0.556. The highest BCUT2D eigenvalue weighted by atomic mass is 16.4. The molecular formula is C17H24N2O4. The third kappa shape index (κ3) is 5.90. The van der Waals surface area contributed by atoms with Crippen molar-refractivity contribution in [1.29, 1.82) is 0 Å². The van der Waals surface area contributed by atoms with Gasteiger partial charge in [-0.3, -0.25) is 4.79 Å². The van der Waals surface area contributed by atoms with Crippen LogP contribution in [0.1, 0.15) is 37.7 Å². The van der Waals surface area contributed by atoms with Crippen LogP contribution in [0.2, 0.25) is 0 Å². The van der Waals surface area contributed by atoms with E-state index in [0.717, 1.165) is 18.4 Å². The summed E-state index contributed by atoms with van der Waals surface area (Å²) in [6.07, 6.45) is 3.29. The van der Waals surface area contributed by atoms with Gasteiger partial charge in [0.25, 0.3) is 0 Å². The molecule has 1 unspecified atom stereocenters. The average molecular weight is 320 g/mol. The third-order valence-corrected chi connectivity index (χ3v) is 4.19. The molecule has 0 spiro atoms. The largest absolute Gasteiger partial charge is 0.481 e. The molecule has 0 aliphatic heterocycles. The number of carboxylic acids is 1. The first-order valence-electron chi connectivity index (χ1n) is 7.98. The number of amides is 2. The number of aliphatic hydroxyl groups is 1. The maximum atomic E-state index is 12.2. The van der Waals surface area contributed by atoms with Gasteiger partial charge in [0, 0.05) is 24.6 Å². The van der Waals surface area contributed by atoms with Crippen LogP contribution in [0.4, 0.5) is 4.79 Å². The Morgan fingerprint density at radius 1 is 1.22 bits per heavy atom. The second kappa shape index (κ2) is 7.97. The summed E-state index contributed by atoms with van der Waals surface area (Å²) in [5.41, 5.74) is 0.780. The van der Waals surface area contributed by atoms with Crippen molar-refractivity contribution in [3.05, 3.63) is 35.9 Å². The number of benzene rings is 1. The van der Waals surface area contributed by atoms with Gasteiger partial charge in [-0.25, -0.2) is 4.79 Å². The first kappa shape index (κ1) is 17.3. The highest BCUT2D eigenvalue weighted by molar-refractivity contribution is 5.76. The van der Waals surface area contributed by atoms with E-state index in [4.69, 9.17) is 10.2 Å². The zero-order valence-corrected chi connectivity index (χ0v) is 13.1. The molecule has 0 bridgehead atoms. The topological polar surface area (TPSA) is 98.7 Å². The Morgan fingerprint density at radius 2 is 1.91 bits per heavy atom. The zero-order valence-electron chi connectivity index (χ0n) is 13.1. The standard InChI is InChI=1S/C17H24N2O4/c20-11-10-17(8-9-17)19-16(23)18-14(6-7-15(21)22)12-13-4-2-1-3-5-13/h1-5,14,20H,6-12H2,(H,21,22)(H2,18,19,23). The number of aliphatic carboxylic acids is 1. The first-order valence-corrected chi connectivity index (χ1v) is 7.98. The fourth-order valence-corrected chi connectivity index (χ4v) is 2.69. The molecule has 0 aromatic heterocycles. The number of aliphatic hydroxyl groups excluding tert-OH is 1. The van der Waals surface area contributed by atoms with E-state index in [1.165, 1.54) is 0 Å². The van der Waals surface area contributed by atoms with Gasteiger partial charge in [-0.15, -0.1) is 0 Å². The maximum absolute atomic E-state index is 12.2. The van der Waals surface area contributed by atoms with E-state index in [1.807, 2.05) is 30.3 Å². The molecule has 1 aromatic rings. The normalized spacial score (nSPS) is 16.4. The van der Waals surface area contributed by atoms with E-state index >= 15 is 0 Å². The van der Waals surface area contributed by atoms with Crippen LogP contribution in [-0.2, 0) is 11.2 Å². The number of carbonyl (C=O) groups excluding carboxylic acids is 1. The molecule has 4 N–H and O–H groups in total. The van der Waals surface area contributed by atoms with E-state index in [1.54, 1.807) is 0 Å². The lowest BCUT2D eigenvalue weighted by molar-refractivity contribution is -0.137. The Balaban J connectivity index is 1.90. The molecule has 1 aliphatic carbocycles. The summed E-state index contributed by atoms with van der Waals surface area (Å²) in [4.78, 5) is 23.0. The molecule has 2 amide bonds. The van der Waals surface area contributed by atoms with Crippen LogP contribution in [0.15, 0.2) is 30.3 Å². The second-order valence-corrected chi connectivity index (χ2v) is 6.17. The van der Waals surface area contributed by atoms with Gasteiger partial charge in [0.1, 0.15) is 0 Å². The van der Waals surface area contributed by atoms with Gasteiger partial charge in [-0.1, -0.05) is 30.3 Å². The fourth-order valence-electron chi connectivity index (χ4n) is 2.69. The Morgan fingerprint density at radius 3 is 2.48 bits per heavy atom. The highest BCUT2D eigenvalue weighted by Crippen LogP contribution is 2.38. The van der Waals surface area contributed by atoms with E-state index in [-0.39, 0.29) is 30.6 Å². The molecule has 1 aliphatic rings. The number of urea groups is 1. The minimum absolute atomic E-state index is 0.0135. The molecule has 1 saturated carbocycles. The van der Waals surface area contributed by atoms with Gasteiger partial charge >= 0.3 is 12.0 Å². The third-order valence-electron chi connectivity index (χ3n) is 4.19. The van der Waals surface area contributed by atoms with Crippen molar-refractivity contribution in [3.63, 3.8) is 0 Å². The molecule has 0 saturated heterocycles. The van der Waals surface area contributed by atoms with Crippen LogP contribution < -0.4 is 10.6 Å². The number of carboxylic acid groups (broad SMARTS) is 1. The van der Waals surface area contributed by atoms with Crippen molar-refractivity contribution in [2.75, 3.05) is 6.61 Å². The van der Waals surface area contributed by atoms with E-state index < -0.39 is 5.97 Å². The first-order chi connectivity index (χ1) is 11.0. The summed E-state index contributed by atoms with van der Waals surface area (Å²) in [5, 5.41) is 23.7. The minimum Gasteiger partial charge on any atom is -0.481 e. The van der Waals surface area contributed by atoms with Gasteiger partial charge in [-0.05, 0) is 37.7 Å². The Kier molecular flexibility index (Phi) is 5.98. The van der Waals surface area contributed by atoms with Crippen LogP contribution in [0.3, 0.4) is 0 Å². The number of nitrogens with one attached hydrogen (secondary N) is 2. The average Bonchev–Trinajstić information content (AvgIpc) is 3.25. The van der Waals surface area contributed by atoms with Crippen molar-refractivity contribution in [2.45, 2.75) is 50.1 Å². The van der Waals surface area contributed by atoms with E-state index in [2.05, 4.69) is 10.6 Å². The van der Waals surface area contributed by atoms with Gasteiger partial charge < -0.3 is 20.8 Å². The van der Waals surface area contributed by atoms with Crippen molar-refractivity contribution < 1.29 is 19.8 Å². The predicted octanol–water partition coefficient (Wildman–Crippen LogP) is 1.68. The Labute approximate surface area is 135 Å². The molecular weight excluding hydrogens is 296 g/mol. The summed E-state index contributed by atoms with van der Waals surface area (Å²) in [5.74, 6) is -0.871. The molecule has 1 atom stereocenters. The summed E-state index contributed by atoms with van der Waals surface area (Å²) in [6, 6.07) is 9.15. The van der Waals surface area contributed by atoms with E-state index in [0.29, 0.717) is 19.3 Å². The summed E-state index contributed by atoms with van der Waals surface area (Å²) in [6.45, 7) is 0.0484. The van der Waals surface area contributed by atoms with Gasteiger partial charge in [0.05, 0.1) is 0 Å². The van der Waals surface area contributed by atoms with Crippen LogP contribution in [-0.4, -0.2) is 40.4 Å². The molecule has 6 nitrogen and oxygen atoms in total. The number of carbonyl (C=O) groups is 2. The van der Waals surface area contributed by atoms with Crippen molar-refractivity contribution >= 4 is 12.0 Å². The van der Waals surface area contributed by atoms with Crippen LogP contribution in [0.25, 0.3) is 0 Å². The summed E-state index contributed by atoms with van der Waals surface area (Å²) < 4.78 is 0. The molecule has 0 heterocycles. The Bertz CT molecular complexity index is 529. The minimum atomic E-state index is -0.871. The Hall–Kier alpha value is -2.08. The molecule has 1 aromatic carbocycles. The number of rotatable bonds is 9. The van der Waals surface area contributed by atoms with Crippen molar-refractivity contribution in [2.24, 2.45) is 0 Å². The molecule has 126 valence electrons. The maximum Gasteiger partial charge on any atom is 0.315 e. The molecule has 1 fully saturated rings. The van der Waals surface area contributed by atoms with Gasteiger partial charge in [-0.2, -0.15) is 0 Å². The number of hydrogen-bond acceptors (Lipinski definition) is 3. The fraction of sp³-hybridized carbons (Fsp3) is 0.529. The monoisotopic (exact) mass is 320 g/mol. The number of hydrogen-bond donors (Lipinski definition) is 4. The predicted molar refractivity (Wildman–Crippen MR) is 86.1 cm³/mol. The van der Waals surface area contributed by atoms with Crippen molar-refractivity contribution in [1.82, 2.24) is 10.6 Å². The lowest BCUT2D eigenvalue weighted by Crippen LogP contribution is -2.48. The lowest BCUT2D eigenvalue weighted by atomic mass is 10.0. The molecule has 23 heavy (non-hydrogen) atoms. The second-order valence-electron chi connectivity index (χ2n) is 6.17. The van der Waals surface area contributed by atoms with Crippen LogP contribution in [0.5, 0.6) is 0 Å². The molecule has 2 rings (SSSR count).